The molecule has 2 saturated heterocycles. The van der Waals surface area contributed by atoms with Crippen molar-refractivity contribution in [1.82, 2.24) is 4.90 Å². The summed E-state index contributed by atoms with van der Waals surface area (Å²) in [5.41, 5.74) is 2.71. The van der Waals surface area contributed by atoms with Crippen molar-refractivity contribution in [3.8, 4) is 17.2 Å². The summed E-state index contributed by atoms with van der Waals surface area (Å²) >= 11 is 0. The van der Waals surface area contributed by atoms with E-state index < -0.39 is 0 Å². The molecule has 0 N–H and O–H groups in total. The summed E-state index contributed by atoms with van der Waals surface area (Å²) in [7, 11) is 0. The predicted octanol–water partition coefficient (Wildman–Crippen LogP) is 6.35. The predicted molar refractivity (Wildman–Crippen MR) is 152 cm³/mol. The van der Waals surface area contributed by atoms with Crippen LogP contribution in [-0.4, -0.2) is 50.0 Å². The van der Waals surface area contributed by atoms with Crippen LogP contribution in [0.2, 0.25) is 0 Å². The van der Waals surface area contributed by atoms with Gasteiger partial charge in [0.05, 0.1) is 12.5 Å². The van der Waals surface area contributed by atoms with Crippen LogP contribution in [0.1, 0.15) is 56.9 Å². The number of esters is 1. The number of carbonyl (C=O) groups is 1. The van der Waals surface area contributed by atoms with Crippen LogP contribution in [0.5, 0.6) is 17.2 Å². The SMILES string of the molecule is C=C1CCC[C@]2(C)C[C@H]3OC(=O)[C@@H](CN4CC[C@H](c5ccc(F)cc5)[C@H](COc5ccc6c(c5)OCO6)C4)[C@H]3C[C@@H]12. The van der Waals surface area contributed by atoms with Gasteiger partial charge in [-0.2, -0.15) is 0 Å². The zero-order chi connectivity index (χ0) is 28.1. The Morgan fingerprint density at radius 3 is 2.83 bits per heavy atom. The van der Waals surface area contributed by atoms with Gasteiger partial charge in [-0.3, -0.25) is 4.79 Å². The Morgan fingerprint density at radius 2 is 1.98 bits per heavy atom. The number of allylic oxidation sites excluding steroid dienone is 1. The second-order valence-electron chi connectivity index (χ2n) is 13.2. The molecular formula is C34H40FNO5. The number of fused-ring (bicyclic) bond motifs is 3. The van der Waals surface area contributed by atoms with Crippen molar-refractivity contribution in [3.05, 3.63) is 66.0 Å². The van der Waals surface area contributed by atoms with E-state index in [9.17, 15) is 9.18 Å². The maximum Gasteiger partial charge on any atom is 0.310 e. The number of benzene rings is 2. The minimum Gasteiger partial charge on any atom is -0.493 e. The van der Waals surface area contributed by atoms with Gasteiger partial charge in [0.25, 0.3) is 0 Å². The number of carbonyl (C=O) groups excluding carboxylic acids is 1. The molecule has 5 aliphatic rings. The van der Waals surface area contributed by atoms with Crippen LogP contribution < -0.4 is 14.2 Å². The zero-order valence-electron chi connectivity index (χ0n) is 23.9. The Hall–Kier alpha value is -3.06. The number of hydrogen-bond donors (Lipinski definition) is 0. The molecule has 41 heavy (non-hydrogen) atoms. The van der Waals surface area contributed by atoms with Gasteiger partial charge in [0.2, 0.25) is 6.79 Å². The molecule has 7 atom stereocenters. The summed E-state index contributed by atoms with van der Waals surface area (Å²) in [6.07, 6.45) is 6.43. The van der Waals surface area contributed by atoms with Gasteiger partial charge in [-0.15, -0.1) is 0 Å². The van der Waals surface area contributed by atoms with Crippen LogP contribution in [0.3, 0.4) is 0 Å². The van der Waals surface area contributed by atoms with Gasteiger partial charge < -0.3 is 23.8 Å². The molecule has 4 fully saturated rings. The summed E-state index contributed by atoms with van der Waals surface area (Å²) < 4.78 is 37.1. The Bertz CT molecular complexity index is 1310. The van der Waals surface area contributed by atoms with Crippen LogP contribution in [-0.2, 0) is 9.53 Å². The minimum absolute atomic E-state index is 0.0262. The van der Waals surface area contributed by atoms with Crippen molar-refractivity contribution in [3.63, 3.8) is 0 Å². The van der Waals surface area contributed by atoms with Gasteiger partial charge in [0, 0.05) is 31.0 Å². The molecule has 2 aromatic rings. The molecule has 0 aromatic heterocycles. The third kappa shape index (κ3) is 5.11. The van der Waals surface area contributed by atoms with E-state index in [1.54, 1.807) is 12.1 Å². The molecule has 3 aliphatic heterocycles. The van der Waals surface area contributed by atoms with Gasteiger partial charge in [0.15, 0.2) is 11.5 Å². The highest BCUT2D eigenvalue weighted by Crippen LogP contribution is 2.57. The van der Waals surface area contributed by atoms with E-state index in [0.717, 1.165) is 55.8 Å². The standard InChI is InChI=1S/C34H40FNO5/c1-21-4-3-12-34(2)16-32-27(15-29(21)34)28(33(37)41-32)18-36-13-11-26(22-5-7-24(35)8-6-22)23(17-36)19-38-25-9-10-30-31(14-25)40-20-39-30/h5-10,14,23,26-29,32H,1,3-4,11-13,15-20H2,2H3/t23-,26+,27+,28-,29-,32+,34+/m0/s1. The summed E-state index contributed by atoms with van der Waals surface area (Å²) in [5.74, 6) is 2.98. The monoisotopic (exact) mass is 561 g/mol. The maximum atomic E-state index is 13.7. The lowest BCUT2D eigenvalue weighted by Gasteiger charge is -2.50. The molecule has 0 bridgehead atoms. The first-order valence-corrected chi connectivity index (χ1v) is 15.2. The molecule has 3 heterocycles. The van der Waals surface area contributed by atoms with E-state index in [2.05, 4.69) is 18.4 Å². The highest BCUT2D eigenvalue weighted by molar-refractivity contribution is 5.75. The second-order valence-corrected chi connectivity index (χ2v) is 13.2. The van der Waals surface area contributed by atoms with E-state index in [0.29, 0.717) is 24.8 Å². The number of ether oxygens (including phenoxy) is 4. The Balaban J connectivity index is 1.06. The van der Waals surface area contributed by atoms with Crippen LogP contribution in [0.15, 0.2) is 54.6 Å². The van der Waals surface area contributed by atoms with E-state index >= 15 is 0 Å². The lowest BCUT2D eigenvalue weighted by atomic mass is 9.55. The third-order valence-corrected chi connectivity index (χ3v) is 10.7. The number of nitrogens with zero attached hydrogens (tertiary/aromatic N) is 1. The molecule has 0 amide bonds. The molecular weight excluding hydrogens is 521 g/mol. The molecule has 7 heteroatoms. The molecule has 0 radical (unpaired) electrons. The van der Waals surface area contributed by atoms with E-state index in [1.807, 2.05) is 30.3 Å². The fraction of sp³-hybridized carbons (Fsp3) is 0.559. The highest BCUT2D eigenvalue weighted by Gasteiger charge is 2.55. The fourth-order valence-corrected chi connectivity index (χ4v) is 8.50. The second kappa shape index (κ2) is 10.6. The van der Waals surface area contributed by atoms with Crippen molar-refractivity contribution >= 4 is 5.97 Å². The third-order valence-electron chi connectivity index (χ3n) is 10.7. The maximum absolute atomic E-state index is 13.7. The summed E-state index contributed by atoms with van der Waals surface area (Å²) in [4.78, 5) is 15.7. The Labute approximate surface area is 241 Å². The van der Waals surface area contributed by atoms with Crippen molar-refractivity contribution in [2.75, 3.05) is 33.0 Å². The molecule has 0 spiro atoms. The van der Waals surface area contributed by atoms with Crippen molar-refractivity contribution in [2.45, 2.75) is 57.5 Å². The van der Waals surface area contributed by atoms with E-state index in [4.69, 9.17) is 18.9 Å². The number of rotatable bonds is 6. The normalized spacial score (nSPS) is 34.6. The average molecular weight is 562 g/mol. The summed E-state index contributed by atoms with van der Waals surface area (Å²) in [6, 6.07) is 12.5. The Morgan fingerprint density at radius 1 is 1.15 bits per heavy atom. The first-order chi connectivity index (χ1) is 19.9. The Kier molecular flexibility index (Phi) is 6.96. The number of halogens is 1. The van der Waals surface area contributed by atoms with Crippen LogP contribution >= 0.6 is 0 Å². The molecule has 0 unspecified atom stereocenters. The summed E-state index contributed by atoms with van der Waals surface area (Å²) in [5, 5.41) is 0. The largest absolute Gasteiger partial charge is 0.493 e. The van der Waals surface area contributed by atoms with Crippen LogP contribution in [0, 0.1) is 34.9 Å². The first kappa shape index (κ1) is 26.8. The first-order valence-electron chi connectivity index (χ1n) is 15.2. The molecule has 7 rings (SSSR count). The van der Waals surface area contributed by atoms with E-state index in [-0.39, 0.29) is 53.8 Å². The van der Waals surface area contributed by atoms with Crippen molar-refractivity contribution in [1.29, 1.82) is 0 Å². The van der Waals surface area contributed by atoms with Gasteiger partial charge in [-0.1, -0.05) is 31.2 Å². The smallest absolute Gasteiger partial charge is 0.310 e. The summed E-state index contributed by atoms with van der Waals surface area (Å²) in [6.45, 7) is 9.97. The molecule has 2 aliphatic carbocycles. The number of likely N-dealkylation sites (tertiary alicyclic amines) is 1. The average Bonchev–Trinajstić information content (AvgIpc) is 3.54. The number of hydrogen-bond acceptors (Lipinski definition) is 6. The number of piperidine rings is 1. The van der Waals surface area contributed by atoms with Gasteiger partial charge in [0.1, 0.15) is 17.7 Å². The van der Waals surface area contributed by atoms with Gasteiger partial charge in [-0.25, -0.2) is 4.39 Å². The van der Waals surface area contributed by atoms with E-state index in [1.165, 1.54) is 18.4 Å². The van der Waals surface area contributed by atoms with Crippen LogP contribution in [0.25, 0.3) is 0 Å². The molecule has 6 nitrogen and oxygen atoms in total. The quantitative estimate of drug-likeness (QED) is 0.303. The fourth-order valence-electron chi connectivity index (χ4n) is 8.50. The molecule has 218 valence electrons. The van der Waals surface area contributed by atoms with Crippen LogP contribution in [0.4, 0.5) is 4.39 Å². The van der Waals surface area contributed by atoms with Crippen molar-refractivity contribution < 1.29 is 28.1 Å². The van der Waals surface area contributed by atoms with Gasteiger partial charge in [-0.05, 0) is 92.1 Å². The van der Waals surface area contributed by atoms with Crippen molar-refractivity contribution in [2.24, 2.45) is 29.1 Å². The van der Waals surface area contributed by atoms with Gasteiger partial charge >= 0.3 is 5.97 Å². The topological polar surface area (TPSA) is 57.2 Å². The molecule has 2 saturated carbocycles. The highest BCUT2D eigenvalue weighted by atomic mass is 19.1. The lowest BCUT2D eigenvalue weighted by Crippen LogP contribution is -2.48. The minimum atomic E-state index is -0.224. The lowest BCUT2D eigenvalue weighted by molar-refractivity contribution is -0.146. The molecule has 2 aromatic carbocycles. The zero-order valence-corrected chi connectivity index (χ0v) is 23.9.